The van der Waals surface area contributed by atoms with Gasteiger partial charge in [-0.25, -0.2) is 4.79 Å². The Morgan fingerprint density at radius 2 is 1.74 bits per heavy atom. The predicted octanol–water partition coefficient (Wildman–Crippen LogP) is 10.4. The fraction of sp³-hybridized carbons (Fsp3) is 0.452. The normalized spacial score (nSPS) is 12.5. The van der Waals surface area contributed by atoms with Crippen LogP contribution in [0.3, 0.4) is 0 Å². The lowest BCUT2D eigenvalue weighted by molar-refractivity contribution is -0.274. The number of carbonyl (C=O) groups is 1. The molecule has 0 unspecified atom stereocenters. The van der Waals surface area contributed by atoms with Gasteiger partial charge in [0.05, 0.1) is 0 Å². The number of ether oxygens (including phenoxy) is 2. The van der Waals surface area contributed by atoms with Gasteiger partial charge in [0, 0.05) is 36.8 Å². The quantitative estimate of drug-likeness (QED) is 0.0927. The van der Waals surface area contributed by atoms with Gasteiger partial charge in [0.15, 0.2) is 0 Å². The van der Waals surface area contributed by atoms with Gasteiger partial charge in [-0.15, -0.1) is 36.3 Å². The second kappa shape index (κ2) is 12.4. The Bertz CT molecular complexity index is 1320. The van der Waals surface area contributed by atoms with E-state index >= 15 is 0 Å². The van der Waals surface area contributed by atoms with E-state index in [9.17, 15) is 18.0 Å². The van der Waals surface area contributed by atoms with Gasteiger partial charge in [-0.05, 0) is 74.9 Å². The fourth-order valence-electron chi connectivity index (χ4n) is 4.68. The molecule has 2 aromatic carbocycles. The molecule has 0 aliphatic rings. The van der Waals surface area contributed by atoms with E-state index in [1.54, 1.807) is 24.8 Å². The highest BCUT2D eigenvalue weighted by Crippen LogP contribution is 2.44. The summed E-state index contributed by atoms with van der Waals surface area (Å²) >= 11 is 3.11. The Kier molecular flexibility index (Phi) is 9.87. The standard InChI is InChI=1S/C31H37F3O3S2/c1-8-9-10-11-21-12-15-24(25(16-21)36-31(32,33)34)27-17-22-13-14-23(18-26(22)38-27)39-30(6,7)19-29(4,5)37-28(35)20(2)3/h12-18H,2,8-11,19H2,1,3-7H3. The van der Waals surface area contributed by atoms with Crippen molar-refractivity contribution in [2.75, 3.05) is 0 Å². The van der Waals surface area contributed by atoms with E-state index in [2.05, 4.69) is 38.2 Å². The number of aryl methyl sites for hydroxylation is 1. The molecule has 0 N–H and O–H groups in total. The summed E-state index contributed by atoms with van der Waals surface area (Å²) in [6.45, 7) is 15.4. The van der Waals surface area contributed by atoms with Crippen LogP contribution in [0, 0.1) is 0 Å². The molecule has 0 saturated carbocycles. The molecule has 0 fully saturated rings. The number of carbonyl (C=O) groups excluding carboxylic acids is 1. The van der Waals surface area contributed by atoms with Crippen LogP contribution in [0.1, 0.15) is 72.8 Å². The molecule has 212 valence electrons. The lowest BCUT2D eigenvalue weighted by Crippen LogP contribution is -2.35. The number of hydrogen-bond donors (Lipinski definition) is 0. The molecule has 3 aromatic rings. The Labute approximate surface area is 237 Å². The van der Waals surface area contributed by atoms with Crippen molar-refractivity contribution in [3.05, 3.63) is 60.2 Å². The molecule has 0 aliphatic heterocycles. The summed E-state index contributed by atoms with van der Waals surface area (Å²) in [5, 5.41) is 0.956. The van der Waals surface area contributed by atoms with Crippen LogP contribution >= 0.6 is 23.1 Å². The van der Waals surface area contributed by atoms with Gasteiger partial charge in [-0.1, -0.05) is 52.3 Å². The molecule has 39 heavy (non-hydrogen) atoms. The number of esters is 1. The molecule has 0 saturated heterocycles. The Morgan fingerprint density at radius 3 is 2.38 bits per heavy atom. The van der Waals surface area contributed by atoms with Crippen molar-refractivity contribution in [3.8, 4) is 16.2 Å². The van der Waals surface area contributed by atoms with Gasteiger partial charge >= 0.3 is 12.3 Å². The monoisotopic (exact) mass is 578 g/mol. The van der Waals surface area contributed by atoms with Gasteiger partial charge in [0.1, 0.15) is 11.4 Å². The summed E-state index contributed by atoms with van der Waals surface area (Å²) in [7, 11) is 0. The second-order valence-electron chi connectivity index (χ2n) is 11.1. The Morgan fingerprint density at radius 1 is 1.03 bits per heavy atom. The molecule has 3 nitrogen and oxygen atoms in total. The number of fused-ring (bicyclic) bond motifs is 1. The first-order valence-electron chi connectivity index (χ1n) is 13.1. The average molecular weight is 579 g/mol. The number of thioether (sulfide) groups is 1. The summed E-state index contributed by atoms with van der Waals surface area (Å²) < 4.78 is 50.6. The first-order chi connectivity index (χ1) is 18.1. The Hall–Kier alpha value is -2.45. The lowest BCUT2D eigenvalue weighted by atomic mass is 9.95. The highest BCUT2D eigenvalue weighted by Gasteiger charge is 2.34. The highest BCUT2D eigenvalue weighted by molar-refractivity contribution is 8.00. The molecule has 0 radical (unpaired) electrons. The zero-order chi connectivity index (χ0) is 29.0. The van der Waals surface area contributed by atoms with Crippen molar-refractivity contribution >= 4 is 39.2 Å². The van der Waals surface area contributed by atoms with Crippen LogP contribution in [-0.2, 0) is 16.0 Å². The van der Waals surface area contributed by atoms with Gasteiger partial charge < -0.3 is 9.47 Å². The van der Waals surface area contributed by atoms with E-state index in [4.69, 9.17) is 4.74 Å². The topological polar surface area (TPSA) is 35.5 Å². The highest BCUT2D eigenvalue weighted by atomic mass is 32.2. The maximum atomic E-state index is 13.3. The minimum atomic E-state index is -4.77. The van der Waals surface area contributed by atoms with Crippen molar-refractivity contribution in [1.82, 2.24) is 0 Å². The summed E-state index contributed by atoms with van der Waals surface area (Å²) in [6, 6.07) is 13.1. The van der Waals surface area contributed by atoms with E-state index in [-0.39, 0.29) is 10.5 Å². The number of rotatable bonds is 12. The zero-order valence-electron chi connectivity index (χ0n) is 23.5. The third kappa shape index (κ3) is 9.31. The molecular formula is C31H37F3O3S2. The molecule has 8 heteroatoms. The van der Waals surface area contributed by atoms with Crippen LogP contribution in [0.2, 0.25) is 0 Å². The molecule has 0 amide bonds. The summed E-state index contributed by atoms with van der Waals surface area (Å²) in [5.41, 5.74) is 0.959. The smallest absolute Gasteiger partial charge is 0.456 e. The van der Waals surface area contributed by atoms with E-state index in [1.807, 2.05) is 38.1 Å². The first-order valence-corrected chi connectivity index (χ1v) is 14.7. The number of unbranched alkanes of at least 4 members (excludes halogenated alkanes) is 2. The van der Waals surface area contributed by atoms with Crippen molar-refractivity contribution in [2.45, 2.75) is 95.3 Å². The number of halogens is 3. The summed E-state index contributed by atoms with van der Waals surface area (Å²) in [6.07, 6.45) is -0.441. The number of benzene rings is 2. The minimum Gasteiger partial charge on any atom is -0.456 e. The fourth-order valence-corrected chi connectivity index (χ4v) is 7.25. The second-order valence-corrected chi connectivity index (χ2v) is 14.0. The zero-order valence-corrected chi connectivity index (χ0v) is 25.1. The molecule has 0 aliphatic carbocycles. The molecule has 1 aromatic heterocycles. The molecule has 1 heterocycles. The maximum absolute atomic E-state index is 13.3. The average Bonchev–Trinajstić information content (AvgIpc) is 3.19. The van der Waals surface area contributed by atoms with E-state index in [1.165, 1.54) is 17.4 Å². The number of thiophene rings is 1. The lowest BCUT2D eigenvalue weighted by Gasteiger charge is -2.34. The van der Waals surface area contributed by atoms with Crippen molar-refractivity contribution in [2.24, 2.45) is 0 Å². The maximum Gasteiger partial charge on any atom is 0.573 e. The summed E-state index contributed by atoms with van der Waals surface area (Å²) in [4.78, 5) is 13.8. The molecule has 3 rings (SSSR count). The van der Waals surface area contributed by atoms with Crippen LogP contribution in [0.25, 0.3) is 20.5 Å². The van der Waals surface area contributed by atoms with Gasteiger partial charge in [-0.2, -0.15) is 0 Å². The summed E-state index contributed by atoms with van der Waals surface area (Å²) in [5.74, 6) is -0.568. The van der Waals surface area contributed by atoms with Crippen LogP contribution in [0.4, 0.5) is 13.2 Å². The van der Waals surface area contributed by atoms with Gasteiger partial charge in [0.2, 0.25) is 0 Å². The predicted molar refractivity (Wildman–Crippen MR) is 157 cm³/mol. The third-order valence-corrected chi connectivity index (χ3v) is 8.38. The van der Waals surface area contributed by atoms with Crippen LogP contribution in [0.5, 0.6) is 5.75 Å². The van der Waals surface area contributed by atoms with Crippen LogP contribution in [0.15, 0.2) is 59.5 Å². The molecule has 0 spiro atoms. The van der Waals surface area contributed by atoms with E-state index in [0.717, 1.165) is 44.7 Å². The van der Waals surface area contributed by atoms with E-state index in [0.29, 0.717) is 24.0 Å². The van der Waals surface area contributed by atoms with Gasteiger partial charge in [0.25, 0.3) is 0 Å². The van der Waals surface area contributed by atoms with Crippen molar-refractivity contribution in [3.63, 3.8) is 0 Å². The van der Waals surface area contributed by atoms with E-state index < -0.39 is 17.9 Å². The number of alkyl halides is 3. The Balaban J connectivity index is 1.85. The largest absolute Gasteiger partial charge is 0.573 e. The molecule has 0 atom stereocenters. The minimum absolute atomic E-state index is 0.162. The van der Waals surface area contributed by atoms with Crippen LogP contribution in [-0.4, -0.2) is 22.7 Å². The number of hydrogen-bond acceptors (Lipinski definition) is 5. The van der Waals surface area contributed by atoms with Crippen molar-refractivity contribution < 1.29 is 27.4 Å². The van der Waals surface area contributed by atoms with Gasteiger partial charge in [-0.3, -0.25) is 0 Å². The van der Waals surface area contributed by atoms with Crippen molar-refractivity contribution in [1.29, 1.82) is 0 Å². The van der Waals surface area contributed by atoms with Crippen LogP contribution < -0.4 is 4.74 Å². The molecule has 0 bridgehead atoms. The molecular weight excluding hydrogens is 541 g/mol. The first kappa shape index (κ1) is 31.1. The SMILES string of the molecule is C=C(C)C(=O)OC(C)(C)CC(C)(C)Sc1ccc2cc(-c3ccc(CCCCC)cc3OC(F)(F)F)sc2c1. The third-order valence-electron chi connectivity index (χ3n) is 6.06.